The van der Waals surface area contributed by atoms with Crippen LogP contribution in [0.1, 0.15) is 51.5 Å². The van der Waals surface area contributed by atoms with E-state index in [-0.39, 0.29) is 0 Å². The Kier molecular flexibility index (Phi) is 5.10. The molecule has 0 N–H and O–H groups in total. The van der Waals surface area contributed by atoms with E-state index in [1.807, 2.05) is 0 Å². The van der Waals surface area contributed by atoms with Gasteiger partial charge in [-0.1, -0.05) is 45.2 Å². The molecule has 0 aromatic heterocycles. The highest BCUT2D eigenvalue weighted by Gasteiger charge is 2.18. The molecule has 1 fully saturated rings. The van der Waals surface area contributed by atoms with Crippen molar-refractivity contribution in [1.82, 2.24) is 0 Å². The van der Waals surface area contributed by atoms with Gasteiger partial charge in [-0.2, -0.15) is 0 Å². The van der Waals surface area contributed by atoms with Crippen LogP contribution in [-0.2, 0) is 6.42 Å². The van der Waals surface area contributed by atoms with Gasteiger partial charge in [-0.25, -0.2) is 0 Å². The third kappa shape index (κ3) is 3.51. The quantitative estimate of drug-likeness (QED) is 0.729. The van der Waals surface area contributed by atoms with Crippen molar-refractivity contribution < 1.29 is 0 Å². The predicted octanol–water partition coefficient (Wildman–Crippen LogP) is 4.66. The zero-order valence-electron chi connectivity index (χ0n) is 12.0. The Bertz CT molecular complexity index is 333. The lowest BCUT2D eigenvalue weighted by Gasteiger charge is -2.33. The molecule has 0 amide bonds. The van der Waals surface area contributed by atoms with Crippen molar-refractivity contribution in [3.8, 4) is 0 Å². The minimum Gasteiger partial charge on any atom is -0.372 e. The highest BCUT2D eigenvalue weighted by molar-refractivity contribution is 5.48. The van der Waals surface area contributed by atoms with E-state index in [2.05, 4.69) is 43.0 Å². The molecule has 1 nitrogen and oxygen atoms in total. The van der Waals surface area contributed by atoms with Gasteiger partial charge in [0.2, 0.25) is 0 Å². The number of hydrogen-bond donors (Lipinski definition) is 0. The Labute approximate surface area is 112 Å². The zero-order chi connectivity index (χ0) is 12.8. The molecule has 0 spiro atoms. The maximum atomic E-state index is 2.56. The lowest BCUT2D eigenvalue weighted by Crippen LogP contribution is -2.33. The summed E-state index contributed by atoms with van der Waals surface area (Å²) in [5, 5.41) is 0. The van der Waals surface area contributed by atoms with Crippen LogP contribution in [0.4, 0.5) is 5.69 Å². The van der Waals surface area contributed by atoms with Crippen LogP contribution < -0.4 is 4.90 Å². The maximum absolute atomic E-state index is 2.56. The smallest absolute Gasteiger partial charge is 0.0366 e. The first-order valence-electron chi connectivity index (χ1n) is 7.67. The Morgan fingerprint density at radius 3 is 2.22 bits per heavy atom. The summed E-state index contributed by atoms with van der Waals surface area (Å²) in [5.41, 5.74) is 2.90. The van der Waals surface area contributed by atoms with Crippen LogP contribution in [0.25, 0.3) is 0 Å². The lowest BCUT2D eigenvalue weighted by atomic mass is 9.92. The number of rotatable bonds is 5. The second-order valence-corrected chi connectivity index (χ2v) is 5.64. The molecule has 1 aromatic rings. The van der Waals surface area contributed by atoms with Gasteiger partial charge in [0.15, 0.2) is 0 Å². The van der Waals surface area contributed by atoms with Crippen molar-refractivity contribution in [1.29, 1.82) is 0 Å². The average Bonchev–Trinajstić information content (AvgIpc) is 2.41. The van der Waals surface area contributed by atoms with Gasteiger partial charge in [-0.3, -0.25) is 0 Å². The Morgan fingerprint density at radius 1 is 1.00 bits per heavy atom. The summed E-state index contributed by atoms with van der Waals surface area (Å²) in [6.07, 6.45) is 7.97. The topological polar surface area (TPSA) is 3.24 Å². The number of nitrogens with zero attached hydrogens (tertiary/aromatic N) is 1. The maximum Gasteiger partial charge on any atom is 0.0366 e. The van der Waals surface area contributed by atoms with Crippen LogP contribution in [-0.4, -0.2) is 13.1 Å². The van der Waals surface area contributed by atoms with Crippen molar-refractivity contribution in [2.45, 2.75) is 52.4 Å². The van der Waals surface area contributed by atoms with Gasteiger partial charge in [0.1, 0.15) is 0 Å². The van der Waals surface area contributed by atoms with Crippen LogP contribution in [0.5, 0.6) is 0 Å². The molecule has 100 valence electrons. The van der Waals surface area contributed by atoms with E-state index in [9.17, 15) is 0 Å². The first-order valence-corrected chi connectivity index (χ1v) is 7.67. The third-order valence-electron chi connectivity index (χ3n) is 4.15. The van der Waals surface area contributed by atoms with Gasteiger partial charge < -0.3 is 4.90 Å². The van der Waals surface area contributed by atoms with Crippen molar-refractivity contribution in [3.63, 3.8) is 0 Å². The first-order chi connectivity index (χ1) is 8.83. The van der Waals surface area contributed by atoms with Crippen molar-refractivity contribution in [3.05, 3.63) is 29.8 Å². The molecule has 2 rings (SSSR count). The molecule has 1 aliphatic rings. The summed E-state index contributed by atoms with van der Waals surface area (Å²) in [6.45, 7) is 7.04. The fourth-order valence-corrected chi connectivity index (χ4v) is 3.05. The monoisotopic (exact) mass is 245 g/mol. The molecule has 0 unspecified atom stereocenters. The van der Waals surface area contributed by atoms with Crippen LogP contribution in [0.3, 0.4) is 0 Å². The minimum atomic E-state index is 0.977. The van der Waals surface area contributed by atoms with Crippen LogP contribution in [0.2, 0.25) is 0 Å². The van der Waals surface area contributed by atoms with E-state index < -0.39 is 0 Å². The molecule has 0 bridgehead atoms. The number of hydrogen-bond acceptors (Lipinski definition) is 1. The van der Waals surface area contributed by atoms with E-state index in [4.69, 9.17) is 0 Å². The summed E-state index contributed by atoms with van der Waals surface area (Å²) in [5.74, 6) is 0.977. The molecule has 1 heteroatoms. The molecule has 1 aliphatic heterocycles. The summed E-state index contributed by atoms with van der Waals surface area (Å²) in [6, 6.07) is 9.23. The van der Waals surface area contributed by atoms with Gasteiger partial charge >= 0.3 is 0 Å². The average molecular weight is 245 g/mol. The summed E-state index contributed by atoms with van der Waals surface area (Å²) >= 11 is 0. The standard InChI is InChI=1S/C17H27N/c1-3-5-15-7-9-17(10-8-15)18-13-11-16(6-4-2)12-14-18/h7-10,16H,3-6,11-14H2,1-2H3. The molecule has 1 heterocycles. The van der Waals surface area contributed by atoms with E-state index in [0.717, 1.165) is 5.92 Å². The second-order valence-electron chi connectivity index (χ2n) is 5.64. The molecule has 0 radical (unpaired) electrons. The van der Waals surface area contributed by atoms with Crippen LogP contribution >= 0.6 is 0 Å². The first kappa shape index (κ1) is 13.5. The molecule has 0 aliphatic carbocycles. The van der Waals surface area contributed by atoms with Gasteiger partial charge in [0, 0.05) is 18.8 Å². The molecular formula is C17H27N. The van der Waals surface area contributed by atoms with Gasteiger partial charge in [0.25, 0.3) is 0 Å². The zero-order valence-corrected chi connectivity index (χ0v) is 12.0. The fraction of sp³-hybridized carbons (Fsp3) is 0.647. The molecule has 0 saturated carbocycles. The highest BCUT2D eigenvalue weighted by Crippen LogP contribution is 2.26. The molecular weight excluding hydrogens is 218 g/mol. The molecule has 1 saturated heterocycles. The van der Waals surface area contributed by atoms with E-state index >= 15 is 0 Å². The van der Waals surface area contributed by atoms with Crippen LogP contribution in [0.15, 0.2) is 24.3 Å². The fourth-order valence-electron chi connectivity index (χ4n) is 3.05. The number of aryl methyl sites for hydroxylation is 1. The molecule has 1 aromatic carbocycles. The number of anilines is 1. The van der Waals surface area contributed by atoms with Crippen molar-refractivity contribution in [2.24, 2.45) is 5.92 Å². The second kappa shape index (κ2) is 6.82. The van der Waals surface area contributed by atoms with Crippen LogP contribution in [0, 0.1) is 5.92 Å². The van der Waals surface area contributed by atoms with E-state index in [0.29, 0.717) is 0 Å². The lowest BCUT2D eigenvalue weighted by molar-refractivity contribution is 0.378. The van der Waals surface area contributed by atoms with Gasteiger partial charge in [-0.05, 0) is 42.9 Å². The number of piperidine rings is 1. The largest absolute Gasteiger partial charge is 0.372 e. The van der Waals surface area contributed by atoms with E-state index in [1.165, 1.54) is 62.9 Å². The van der Waals surface area contributed by atoms with Gasteiger partial charge in [0.05, 0.1) is 0 Å². The summed E-state index contributed by atoms with van der Waals surface area (Å²) in [4.78, 5) is 2.56. The van der Waals surface area contributed by atoms with Gasteiger partial charge in [-0.15, -0.1) is 0 Å². The highest BCUT2D eigenvalue weighted by atomic mass is 15.1. The SMILES string of the molecule is CCCc1ccc(N2CCC(CCC)CC2)cc1. The van der Waals surface area contributed by atoms with E-state index in [1.54, 1.807) is 0 Å². The number of benzene rings is 1. The summed E-state index contributed by atoms with van der Waals surface area (Å²) < 4.78 is 0. The van der Waals surface area contributed by atoms with Crippen molar-refractivity contribution >= 4 is 5.69 Å². The Hall–Kier alpha value is -0.980. The third-order valence-corrected chi connectivity index (χ3v) is 4.15. The predicted molar refractivity (Wildman–Crippen MR) is 80.3 cm³/mol. The Balaban J connectivity index is 1.89. The molecule has 0 atom stereocenters. The molecule has 18 heavy (non-hydrogen) atoms. The minimum absolute atomic E-state index is 0.977. The Morgan fingerprint density at radius 2 is 1.67 bits per heavy atom. The van der Waals surface area contributed by atoms with Crippen molar-refractivity contribution in [2.75, 3.05) is 18.0 Å². The normalized spacial score (nSPS) is 17.1. The summed E-state index contributed by atoms with van der Waals surface area (Å²) in [7, 11) is 0.